The number of urea groups is 1. The van der Waals surface area contributed by atoms with Crippen molar-refractivity contribution in [1.29, 1.82) is 0 Å². The fourth-order valence-corrected chi connectivity index (χ4v) is 3.70. The van der Waals surface area contributed by atoms with E-state index in [1.165, 1.54) is 52.9 Å². The molecule has 0 spiro atoms. The van der Waals surface area contributed by atoms with E-state index in [9.17, 15) is 18.2 Å². The van der Waals surface area contributed by atoms with Gasteiger partial charge in [-0.3, -0.25) is 14.1 Å². The van der Waals surface area contributed by atoms with Gasteiger partial charge in [-0.25, -0.2) is 18.4 Å². The van der Waals surface area contributed by atoms with Gasteiger partial charge in [0.1, 0.15) is 11.6 Å². The molecule has 2 aromatic heterocycles. The number of aromatic nitrogens is 2. The first kappa shape index (κ1) is 30.1. The van der Waals surface area contributed by atoms with Gasteiger partial charge in [-0.05, 0) is 48.9 Å². The van der Waals surface area contributed by atoms with E-state index in [0.29, 0.717) is 27.0 Å². The third kappa shape index (κ3) is 9.31. The molecule has 0 aliphatic heterocycles. The van der Waals surface area contributed by atoms with E-state index in [-0.39, 0.29) is 5.39 Å². The van der Waals surface area contributed by atoms with E-state index < -0.39 is 28.4 Å². The first-order chi connectivity index (χ1) is 16.8. The minimum Gasteiger partial charge on any atom is -0.306 e. The monoisotopic (exact) mass is 538 g/mol. The summed E-state index contributed by atoms with van der Waals surface area (Å²) in [5.74, 6) is 0.445. The van der Waals surface area contributed by atoms with Crippen LogP contribution in [0.25, 0.3) is 16.6 Å². The van der Waals surface area contributed by atoms with Gasteiger partial charge in [-0.15, -0.1) is 23.4 Å². The molecule has 2 N–H and O–H groups in total. The third-order valence-electron chi connectivity index (χ3n) is 4.06. The minimum absolute atomic E-state index is 0.238. The van der Waals surface area contributed by atoms with Crippen molar-refractivity contribution in [2.45, 2.75) is 20.8 Å². The number of rotatable bonds is 6. The number of carbonyl (C=O) groups excluding carboxylic acids is 1. The molecule has 1 aromatic carbocycles. The van der Waals surface area contributed by atoms with Gasteiger partial charge in [0.25, 0.3) is 5.56 Å². The maximum atomic E-state index is 13.4. The zero-order valence-corrected chi connectivity index (χ0v) is 22.3. The lowest BCUT2D eigenvalue weighted by molar-refractivity contribution is 0.257. The highest BCUT2D eigenvalue weighted by atomic mass is 35.5. The predicted molar refractivity (Wildman–Crippen MR) is 147 cm³/mol. The smallest absolute Gasteiger partial charge is 0.306 e. The van der Waals surface area contributed by atoms with Crippen LogP contribution in [0.3, 0.4) is 0 Å². The molecule has 2 amide bonds. The van der Waals surface area contributed by atoms with Crippen molar-refractivity contribution in [2.75, 3.05) is 17.5 Å². The fraction of sp³-hybridized carbons (Fsp3) is 0.208. The van der Waals surface area contributed by atoms with Gasteiger partial charge in [0.05, 0.1) is 21.5 Å². The SMILES string of the molecule is C=C(SC)S(=O)NC(=O)Nc1ccc(-n2ccc3ccc(F)cc3c2=O)nc1.CC.CC=CCCl. The highest BCUT2D eigenvalue weighted by Crippen LogP contribution is 2.15. The van der Waals surface area contributed by atoms with Gasteiger partial charge < -0.3 is 5.32 Å². The van der Waals surface area contributed by atoms with Crippen molar-refractivity contribution in [1.82, 2.24) is 14.3 Å². The molecule has 0 fully saturated rings. The van der Waals surface area contributed by atoms with Crippen molar-refractivity contribution in [3.63, 3.8) is 0 Å². The molecule has 0 bridgehead atoms. The molecule has 188 valence electrons. The first-order valence-electron chi connectivity index (χ1n) is 10.5. The van der Waals surface area contributed by atoms with E-state index in [4.69, 9.17) is 11.6 Å². The molecule has 2 heterocycles. The molecule has 0 saturated heterocycles. The Morgan fingerprint density at radius 3 is 2.54 bits per heavy atom. The second kappa shape index (κ2) is 15.9. The zero-order chi connectivity index (χ0) is 26.4. The summed E-state index contributed by atoms with van der Waals surface area (Å²) < 4.78 is 29.0. The van der Waals surface area contributed by atoms with Gasteiger partial charge in [-0.2, -0.15) is 0 Å². The molecule has 0 radical (unpaired) electrons. The van der Waals surface area contributed by atoms with E-state index in [0.717, 1.165) is 0 Å². The van der Waals surface area contributed by atoms with E-state index in [1.807, 2.05) is 32.9 Å². The summed E-state index contributed by atoms with van der Waals surface area (Å²) in [5.41, 5.74) is -0.0678. The summed E-state index contributed by atoms with van der Waals surface area (Å²) in [7, 11) is -1.71. The summed E-state index contributed by atoms with van der Waals surface area (Å²) in [5, 5.41) is 3.35. The minimum atomic E-state index is -1.71. The second-order valence-electron chi connectivity index (χ2n) is 6.25. The summed E-state index contributed by atoms with van der Waals surface area (Å²) in [6.07, 6.45) is 8.41. The number of amides is 2. The van der Waals surface area contributed by atoms with Crippen LogP contribution in [0.5, 0.6) is 0 Å². The largest absolute Gasteiger partial charge is 0.331 e. The number of anilines is 1. The lowest BCUT2D eigenvalue weighted by atomic mass is 10.1. The first-order valence-corrected chi connectivity index (χ1v) is 13.4. The number of benzene rings is 1. The van der Waals surface area contributed by atoms with Gasteiger partial charge >= 0.3 is 6.03 Å². The highest BCUT2D eigenvalue weighted by Gasteiger charge is 2.10. The number of carbonyl (C=O) groups is 1. The Morgan fingerprint density at radius 2 is 2.00 bits per heavy atom. The predicted octanol–water partition coefficient (Wildman–Crippen LogP) is 5.97. The maximum absolute atomic E-state index is 13.4. The van der Waals surface area contributed by atoms with Crippen LogP contribution >= 0.6 is 23.4 Å². The van der Waals surface area contributed by atoms with E-state index in [2.05, 4.69) is 21.6 Å². The number of halogens is 2. The van der Waals surface area contributed by atoms with Crippen molar-refractivity contribution >= 4 is 56.8 Å². The number of hydrogen-bond acceptors (Lipinski definition) is 5. The van der Waals surface area contributed by atoms with E-state index >= 15 is 0 Å². The Labute approximate surface area is 216 Å². The average molecular weight is 539 g/mol. The summed E-state index contributed by atoms with van der Waals surface area (Å²) in [4.78, 5) is 28.6. The molecule has 11 heteroatoms. The normalized spacial score (nSPS) is 11.0. The van der Waals surface area contributed by atoms with E-state index in [1.54, 1.807) is 18.5 Å². The zero-order valence-electron chi connectivity index (χ0n) is 19.9. The second-order valence-corrected chi connectivity index (χ2v) is 8.95. The van der Waals surface area contributed by atoms with Crippen molar-refractivity contribution in [3.05, 3.63) is 87.9 Å². The summed E-state index contributed by atoms with van der Waals surface area (Å²) in [6, 6.07) is 8.07. The Bertz CT molecular complexity index is 1250. The summed E-state index contributed by atoms with van der Waals surface area (Å²) >= 11 is 6.39. The number of hydrogen-bond donors (Lipinski definition) is 2. The molecule has 1 atom stereocenters. The van der Waals surface area contributed by atoms with Crippen LogP contribution in [0.2, 0.25) is 0 Å². The number of thioether (sulfide) groups is 1. The van der Waals surface area contributed by atoms with Crippen LogP contribution in [0, 0.1) is 5.82 Å². The van der Waals surface area contributed by atoms with Gasteiger partial charge in [0, 0.05) is 12.1 Å². The molecule has 0 aliphatic rings. The number of alkyl halides is 1. The molecule has 0 saturated carbocycles. The van der Waals surface area contributed by atoms with Crippen LogP contribution in [0.15, 0.2) is 76.6 Å². The lowest BCUT2D eigenvalue weighted by Crippen LogP contribution is -2.30. The Balaban J connectivity index is 0.000000779. The maximum Gasteiger partial charge on any atom is 0.331 e. The average Bonchev–Trinajstić information content (AvgIpc) is 2.86. The fourth-order valence-electron chi connectivity index (χ4n) is 2.46. The number of nitrogens with zero attached hydrogens (tertiary/aromatic N) is 2. The molecule has 3 rings (SSSR count). The standard InChI is InChI=1S/C18H15FN4O3S2.C4H7Cl.C2H6/c1-11(27-2)28(26)22-18(25)21-14-5-6-16(20-10-14)23-8-7-12-3-4-13(19)9-15(12)17(23)24;1-2-3-4-5;1-2/h3-10H,1H2,2H3,(H2,21,22,25);2-3H,4H2,1H3;1-2H3. The summed E-state index contributed by atoms with van der Waals surface area (Å²) in [6.45, 7) is 9.51. The van der Waals surface area contributed by atoms with Crippen LogP contribution in [-0.2, 0) is 11.0 Å². The quantitative estimate of drug-likeness (QED) is 0.298. The molecule has 7 nitrogen and oxygen atoms in total. The number of nitrogens with one attached hydrogen (secondary N) is 2. The molecular formula is C24H28ClFN4O3S2. The number of pyridine rings is 2. The van der Waals surface area contributed by atoms with Crippen LogP contribution in [-0.4, -0.2) is 31.9 Å². The van der Waals surface area contributed by atoms with Crippen molar-refractivity contribution < 1.29 is 13.4 Å². The van der Waals surface area contributed by atoms with Crippen LogP contribution < -0.4 is 15.6 Å². The molecular weight excluding hydrogens is 511 g/mol. The Hall–Kier alpha value is -2.95. The van der Waals surface area contributed by atoms with Crippen molar-refractivity contribution in [3.8, 4) is 5.82 Å². The van der Waals surface area contributed by atoms with Gasteiger partial charge in [-0.1, -0.05) is 38.6 Å². The third-order valence-corrected chi connectivity index (χ3v) is 6.44. The molecule has 3 aromatic rings. The van der Waals surface area contributed by atoms with Crippen LogP contribution in [0.4, 0.5) is 14.9 Å². The lowest BCUT2D eigenvalue weighted by Gasteiger charge is -2.09. The number of allylic oxidation sites excluding steroid dienone is 2. The topological polar surface area (TPSA) is 93.1 Å². The number of fused-ring (bicyclic) bond motifs is 1. The molecule has 35 heavy (non-hydrogen) atoms. The van der Waals surface area contributed by atoms with Gasteiger partial charge in [0.15, 0.2) is 11.0 Å². The van der Waals surface area contributed by atoms with Crippen LogP contribution in [0.1, 0.15) is 20.8 Å². The highest BCUT2D eigenvalue weighted by molar-refractivity contribution is 8.15. The van der Waals surface area contributed by atoms with Crippen molar-refractivity contribution in [2.24, 2.45) is 0 Å². The molecule has 1 unspecified atom stereocenters. The Morgan fingerprint density at radius 1 is 1.29 bits per heavy atom. The Kier molecular flexibility index (Phi) is 13.6. The molecule has 0 aliphatic carbocycles. The van der Waals surface area contributed by atoms with Gasteiger partial charge in [0.2, 0.25) is 0 Å².